The Morgan fingerprint density at radius 2 is 1.92 bits per heavy atom. The van der Waals surface area contributed by atoms with E-state index in [9.17, 15) is 18.0 Å². The second kappa shape index (κ2) is 2.86. The van der Waals surface area contributed by atoms with Crippen LogP contribution in [-0.4, -0.2) is 12.0 Å². The molecule has 1 aliphatic rings. The number of rotatable bonds is 0. The van der Waals surface area contributed by atoms with Gasteiger partial charge in [-0.2, -0.15) is 13.2 Å². The quantitative estimate of drug-likeness (QED) is 0.576. The molecule has 1 unspecified atom stereocenters. The van der Waals surface area contributed by atoms with E-state index in [0.29, 0.717) is 5.57 Å². The van der Waals surface area contributed by atoms with Crippen LogP contribution in [0.2, 0.25) is 0 Å². The Bertz CT molecular complexity index is 265. The fraction of sp³-hybridized carbons (Fsp3) is 0.667. The van der Waals surface area contributed by atoms with Crippen molar-refractivity contribution >= 4 is 5.78 Å². The first-order valence-corrected chi connectivity index (χ1v) is 4.01. The molecule has 1 atom stereocenters. The van der Waals surface area contributed by atoms with Crippen molar-refractivity contribution < 1.29 is 18.0 Å². The molecule has 74 valence electrons. The number of halogens is 3. The van der Waals surface area contributed by atoms with E-state index in [0.717, 1.165) is 6.92 Å². The molecule has 0 saturated carbocycles. The second-order valence-electron chi connectivity index (χ2n) is 3.87. The molecule has 0 spiro atoms. The number of ketones is 1. The molecule has 1 rings (SSSR count). The third-order valence-corrected chi connectivity index (χ3v) is 2.33. The summed E-state index contributed by atoms with van der Waals surface area (Å²) in [4.78, 5) is 11.0. The molecular formula is C9H11F3O. The highest BCUT2D eigenvalue weighted by molar-refractivity contribution is 5.91. The van der Waals surface area contributed by atoms with Crippen molar-refractivity contribution in [2.45, 2.75) is 32.9 Å². The summed E-state index contributed by atoms with van der Waals surface area (Å²) in [5, 5.41) is 0. The van der Waals surface area contributed by atoms with E-state index in [1.54, 1.807) is 6.92 Å². The maximum atomic E-state index is 12.5. The smallest absolute Gasteiger partial charge is 0.295 e. The lowest BCUT2D eigenvalue weighted by atomic mass is 9.75. The predicted octanol–water partition coefficient (Wildman–Crippen LogP) is 2.86. The minimum Gasteiger partial charge on any atom is -0.295 e. The summed E-state index contributed by atoms with van der Waals surface area (Å²) in [6, 6.07) is 0. The van der Waals surface area contributed by atoms with Gasteiger partial charge in [0.15, 0.2) is 5.78 Å². The molecule has 0 radical (unpaired) electrons. The first kappa shape index (κ1) is 10.3. The van der Waals surface area contributed by atoms with Crippen molar-refractivity contribution in [3.05, 3.63) is 11.6 Å². The number of alkyl halides is 3. The third kappa shape index (κ3) is 1.92. The maximum absolute atomic E-state index is 12.5. The molecule has 0 amide bonds. The Labute approximate surface area is 74.6 Å². The Balaban J connectivity index is 2.97. The third-order valence-electron chi connectivity index (χ3n) is 2.33. The molecule has 0 heterocycles. The van der Waals surface area contributed by atoms with Crippen molar-refractivity contribution in [3.8, 4) is 0 Å². The molecule has 4 heteroatoms. The number of allylic oxidation sites excluding steroid dienone is 2. The lowest BCUT2D eigenvalue weighted by molar-refractivity contribution is -0.220. The average Bonchev–Trinajstić information content (AvgIpc) is 1.79. The molecule has 0 aromatic heterocycles. The van der Waals surface area contributed by atoms with Crippen molar-refractivity contribution in [1.82, 2.24) is 0 Å². The second-order valence-corrected chi connectivity index (χ2v) is 3.87. The Hall–Kier alpha value is -0.800. The summed E-state index contributed by atoms with van der Waals surface area (Å²) in [6.45, 7) is 2.66. The summed E-state index contributed by atoms with van der Waals surface area (Å²) in [7, 11) is 0. The van der Waals surface area contributed by atoms with E-state index < -0.39 is 23.8 Å². The topological polar surface area (TPSA) is 17.1 Å². The molecule has 0 fully saturated rings. The zero-order valence-corrected chi connectivity index (χ0v) is 7.53. The highest BCUT2D eigenvalue weighted by Crippen LogP contribution is 2.47. The summed E-state index contributed by atoms with van der Waals surface area (Å²) in [5.74, 6) is -0.427. The molecule has 0 N–H and O–H groups in total. The van der Waals surface area contributed by atoms with Crippen LogP contribution >= 0.6 is 0 Å². The van der Waals surface area contributed by atoms with E-state index in [1.165, 1.54) is 6.08 Å². The molecule has 1 aliphatic carbocycles. The molecule has 0 bridgehead atoms. The van der Waals surface area contributed by atoms with Crippen LogP contribution in [0.15, 0.2) is 11.6 Å². The van der Waals surface area contributed by atoms with Crippen LogP contribution in [0.25, 0.3) is 0 Å². The van der Waals surface area contributed by atoms with Gasteiger partial charge in [0, 0.05) is 6.42 Å². The van der Waals surface area contributed by atoms with Crippen molar-refractivity contribution in [3.63, 3.8) is 0 Å². The summed E-state index contributed by atoms with van der Waals surface area (Å²) in [6.07, 6.45) is -3.48. The van der Waals surface area contributed by atoms with Gasteiger partial charge in [0.25, 0.3) is 0 Å². The number of carbonyl (C=O) groups excluding carboxylic acids is 1. The molecule has 0 aliphatic heterocycles. The van der Waals surface area contributed by atoms with Crippen LogP contribution in [0.3, 0.4) is 0 Å². The van der Waals surface area contributed by atoms with Crippen molar-refractivity contribution in [1.29, 1.82) is 0 Å². The van der Waals surface area contributed by atoms with Gasteiger partial charge in [-0.25, -0.2) is 0 Å². The van der Waals surface area contributed by atoms with Gasteiger partial charge in [-0.3, -0.25) is 4.79 Å². The van der Waals surface area contributed by atoms with E-state index in [2.05, 4.69) is 0 Å². The standard InChI is InChI=1S/C9H11F3O/c1-6-3-7(13)5-8(2,4-6)9(10,11)12/h3H,4-5H2,1-2H3. The number of hydrogen-bond acceptors (Lipinski definition) is 1. The lowest BCUT2D eigenvalue weighted by Crippen LogP contribution is -2.39. The molecule has 0 saturated heterocycles. The van der Waals surface area contributed by atoms with Crippen LogP contribution in [0.4, 0.5) is 13.2 Å². The van der Waals surface area contributed by atoms with Gasteiger partial charge in [0.2, 0.25) is 0 Å². The Morgan fingerprint density at radius 3 is 2.31 bits per heavy atom. The molecular weight excluding hydrogens is 181 g/mol. The summed E-state index contributed by atoms with van der Waals surface area (Å²) in [5.41, 5.74) is -1.35. The van der Waals surface area contributed by atoms with E-state index in [1.807, 2.05) is 0 Å². The van der Waals surface area contributed by atoms with Gasteiger partial charge < -0.3 is 0 Å². The fourth-order valence-corrected chi connectivity index (χ4v) is 1.64. The van der Waals surface area contributed by atoms with Crippen LogP contribution in [0, 0.1) is 5.41 Å². The average molecular weight is 192 g/mol. The van der Waals surface area contributed by atoms with Gasteiger partial charge in [0.1, 0.15) is 0 Å². The van der Waals surface area contributed by atoms with Crippen LogP contribution in [-0.2, 0) is 4.79 Å². The monoisotopic (exact) mass is 192 g/mol. The molecule has 1 nitrogen and oxygen atoms in total. The first-order chi connectivity index (χ1) is 5.74. The van der Waals surface area contributed by atoms with Crippen molar-refractivity contribution in [2.75, 3.05) is 0 Å². The largest absolute Gasteiger partial charge is 0.394 e. The van der Waals surface area contributed by atoms with Gasteiger partial charge in [0.05, 0.1) is 5.41 Å². The molecule has 0 aromatic carbocycles. The highest BCUT2D eigenvalue weighted by atomic mass is 19.4. The number of hydrogen-bond donors (Lipinski definition) is 0. The molecule has 13 heavy (non-hydrogen) atoms. The predicted molar refractivity (Wildman–Crippen MR) is 42.2 cm³/mol. The minimum absolute atomic E-state index is 0.0672. The Kier molecular flexibility index (Phi) is 2.26. The van der Waals surface area contributed by atoms with Crippen LogP contribution in [0.5, 0.6) is 0 Å². The van der Waals surface area contributed by atoms with E-state index >= 15 is 0 Å². The first-order valence-electron chi connectivity index (χ1n) is 4.01. The summed E-state index contributed by atoms with van der Waals surface area (Å²) < 4.78 is 37.5. The fourth-order valence-electron chi connectivity index (χ4n) is 1.64. The lowest BCUT2D eigenvalue weighted by Gasteiger charge is -2.33. The van der Waals surface area contributed by atoms with Crippen LogP contribution < -0.4 is 0 Å². The normalized spacial score (nSPS) is 30.2. The van der Waals surface area contributed by atoms with Gasteiger partial charge in [-0.15, -0.1) is 0 Å². The zero-order valence-electron chi connectivity index (χ0n) is 7.53. The van der Waals surface area contributed by atoms with Gasteiger partial charge in [-0.05, 0) is 19.4 Å². The zero-order chi connectivity index (χ0) is 10.3. The minimum atomic E-state index is -4.29. The SMILES string of the molecule is CC1=CC(=O)CC(C)(C(F)(F)F)C1. The van der Waals surface area contributed by atoms with E-state index in [-0.39, 0.29) is 6.42 Å². The number of carbonyl (C=O) groups is 1. The summed E-state index contributed by atoms with van der Waals surface area (Å²) >= 11 is 0. The van der Waals surface area contributed by atoms with Gasteiger partial charge >= 0.3 is 6.18 Å². The van der Waals surface area contributed by atoms with Gasteiger partial charge in [-0.1, -0.05) is 12.5 Å². The van der Waals surface area contributed by atoms with Crippen molar-refractivity contribution in [2.24, 2.45) is 5.41 Å². The van der Waals surface area contributed by atoms with E-state index in [4.69, 9.17) is 0 Å². The Morgan fingerprint density at radius 1 is 1.38 bits per heavy atom. The maximum Gasteiger partial charge on any atom is 0.394 e. The van der Waals surface area contributed by atoms with Crippen LogP contribution in [0.1, 0.15) is 26.7 Å². The highest BCUT2D eigenvalue weighted by Gasteiger charge is 2.52. The molecule has 0 aromatic rings.